The Hall–Kier alpha value is -1.06. The summed E-state index contributed by atoms with van der Waals surface area (Å²) in [6, 6.07) is -0.384. The number of hydrogen-bond donors (Lipinski definition) is 1. The van der Waals surface area contributed by atoms with Crippen LogP contribution in [0.5, 0.6) is 0 Å². The number of carbonyl (C=O) groups is 2. The van der Waals surface area contributed by atoms with Gasteiger partial charge in [0.05, 0.1) is 0 Å². The lowest BCUT2D eigenvalue weighted by molar-refractivity contribution is -0.140. The van der Waals surface area contributed by atoms with E-state index < -0.39 is 0 Å². The smallest absolute Gasteiger partial charge is 0.244 e. The molecular formula is C9H16N2O2. The van der Waals surface area contributed by atoms with Crippen LogP contribution in [0.1, 0.15) is 20.8 Å². The molecule has 2 amide bonds. The van der Waals surface area contributed by atoms with Gasteiger partial charge >= 0.3 is 0 Å². The first-order valence-electron chi connectivity index (χ1n) is 4.56. The Labute approximate surface area is 78.3 Å². The van der Waals surface area contributed by atoms with Gasteiger partial charge in [-0.15, -0.1) is 0 Å². The zero-order valence-corrected chi connectivity index (χ0v) is 8.33. The van der Waals surface area contributed by atoms with Crippen molar-refractivity contribution in [2.24, 2.45) is 5.92 Å². The lowest BCUT2D eigenvalue weighted by Crippen LogP contribution is -2.55. The molecule has 1 unspecified atom stereocenters. The molecule has 1 rings (SSSR count). The first-order chi connectivity index (χ1) is 6.00. The Kier molecular flexibility index (Phi) is 2.90. The van der Waals surface area contributed by atoms with Gasteiger partial charge in [-0.25, -0.2) is 0 Å². The van der Waals surface area contributed by atoms with Crippen molar-refractivity contribution in [2.75, 3.05) is 13.1 Å². The van der Waals surface area contributed by atoms with Crippen molar-refractivity contribution in [3.8, 4) is 0 Å². The molecule has 4 heteroatoms. The number of nitrogens with one attached hydrogen (secondary N) is 1. The van der Waals surface area contributed by atoms with Gasteiger partial charge in [0.1, 0.15) is 6.04 Å². The summed E-state index contributed by atoms with van der Waals surface area (Å²) < 4.78 is 0. The molecule has 0 aromatic heterocycles. The topological polar surface area (TPSA) is 49.4 Å². The molecule has 1 aliphatic heterocycles. The van der Waals surface area contributed by atoms with E-state index in [9.17, 15) is 9.59 Å². The first kappa shape index (κ1) is 10.0. The predicted molar refractivity (Wildman–Crippen MR) is 49.0 cm³/mol. The number of carbonyl (C=O) groups excluding carboxylic acids is 2. The second-order valence-electron chi connectivity index (χ2n) is 3.77. The minimum atomic E-state index is -0.384. The molecule has 13 heavy (non-hydrogen) atoms. The monoisotopic (exact) mass is 184 g/mol. The summed E-state index contributed by atoms with van der Waals surface area (Å²) in [5.41, 5.74) is 0. The van der Waals surface area contributed by atoms with Gasteiger partial charge in [-0.2, -0.15) is 0 Å². The second-order valence-corrected chi connectivity index (χ2v) is 3.77. The Bertz CT molecular complexity index is 222. The van der Waals surface area contributed by atoms with Gasteiger partial charge in [0.15, 0.2) is 0 Å². The molecule has 1 heterocycles. The van der Waals surface area contributed by atoms with Crippen molar-refractivity contribution in [2.45, 2.75) is 26.8 Å². The van der Waals surface area contributed by atoms with Crippen LogP contribution in [-0.4, -0.2) is 35.8 Å². The minimum Gasteiger partial charge on any atom is -0.345 e. The average Bonchev–Trinajstić information content (AvgIpc) is 1.96. The SMILES string of the molecule is CC(=O)NC(C)C(=O)N1CC(C)C1. The quantitative estimate of drug-likeness (QED) is 0.656. The van der Waals surface area contributed by atoms with E-state index in [2.05, 4.69) is 12.2 Å². The van der Waals surface area contributed by atoms with E-state index in [4.69, 9.17) is 0 Å². The average molecular weight is 184 g/mol. The molecule has 4 nitrogen and oxygen atoms in total. The summed E-state index contributed by atoms with van der Waals surface area (Å²) >= 11 is 0. The zero-order valence-electron chi connectivity index (χ0n) is 8.33. The molecule has 74 valence electrons. The van der Waals surface area contributed by atoms with E-state index in [-0.39, 0.29) is 17.9 Å². The fraction of sp³-hybridized carbons (Fsp3) is 0.778. The van der Waals surface area contributed by atoms with Crippen molar-refractivity contribution in [3.63, 3.8) is 0 Å². The highest BCUT2D eigenvalue weighted by Gasteiger charge is 2.30. The third kappa shape index (κ3) is 2.44. The van der Waals surface area contributed by atoms with Crippen LogP contribution in [0.3, 0.4) is 0 Å². The van der Waals surface area contributed by atoms with E-state index in [1.165, 1.54) is 6.92 Å². The maximum Gasteiger partial charge on any atom is 0.244 e. The van der Waals surface area contributed by atoms with E-state index in [1.807, 2.05) is 0 Å². The van der Waals surface area contributed by atoms with Gasteiger partial charge in [-0.3, -0.25) is 9.59 Å². The van der Waals surface area contributed by atoms with Crippen LogP contribution < -0.4 is 5.32 Å². The highest BCUT2D eigenvalue weighted by Crippen LogP contribution is 2.14. The molecule has 0 aliphatic carbocycles. The van der Waals surface area contributed by atoms with Crippen molar-refractivity contribution in [1.29, 1.82) is 0 Å². The van der Waals surface area contributed by atoms with Crippen molar-refractivity contribution < 1.29 is 9.59 Å². The molecule has 0 aromatic carbocycles. The molecular weight excluding hydrogens is 168 g/mol. The molecule has 1 aliphatic rings. The summed E-state index contributed by atoms with van der Waals surface area (Å²) in [4.78, 5) is 24.0. The summed E-state index contributed by atoms with van der Waals surface area (Å²) in [5.74, 6) is 0.469. The van der Waals surface area contributed by atoms with Crippen LogP contribution in [0.25, 0.3) is 0 Å². The Balaban J connectivity index is 2.35. The highest BCUT2D eigenvalue weighted by atomic mass is 16.2. The third-order valence-corrected chi connectivity index (χ3v) is 2.17. The van der Waals surface area contributed by atoms with Gasteiger partial charge in [-0.05, 0) is 12.8 Å². The maximum atomic E-state index is 11.5. The number of nitrogens with zero attached hydrogens (tertiary/aromatic N) is 1. The number of rotatable bonds is 2. The summed E-state index contributed by atoms with van der Waals surface area (Å²) in [5, 5.41) is 2.58. The van der Waals surface area contributed by atoms with Crippen LogP contribution >= 0.6 is 0 Å². The Morgan fingerprint density at radius 1 is 1.46 bits per heavy atom. The number of hydrogen-bond acceptors (Lipinski definition) is 2. The molecule has 0 bridgehead atoms. The highest BCUT2D eigenvalue weighted by molar-refractivity contribution is 5.86. The summed E-state index contributed by atoms with van der Waals surface area (Å²) in [6.07, 6.45) is 0. The van der Waals surface area contributed by atoms with Crippen LogP contribution in [0.2, 0.25) is 0 Å². The lowest BCUT2D eigenvalue weighted by Gasteiger charge is -2.38. The number of amides is 2. The molecule has 0 aromatic rings. The molecule has 1 fully saturated rings. The molecule has 0 saturated carbocycles. The molecule has 1 atom stereocenters. The third-order valence-electron chi connectivity index (χ3n) is 2.17. The second kappa shape index (κ2) is 3.77. The standard InChI is InChI=1S/C9H16N2O2/c1-6-4-11(5-6)9(13)7(2)10-8(3)12/h6-7H,4-5H2,1-3H3,(H,10,12). The normalized spacial score (nSPS) is 19.2. The van der Waals surface area contributed by atoms with Crippen molar-refractivity contribution in [1.82, 2.24) is 10.2 Å². The first-order valence-corrected chi connectivity index (χ1v) is 4.56. The lowest BCUT2D eigenvalue weighted by atomic mass is 10.0. The van der Waals surface area contributed by atoms with Gasteiger partial charge in [-0.1, -0.05) is 6.92 Å². The van der Waals surface area contributed by atoms with E-state index in [1.54, 1.807) is 11.8 Å². The summed E-state index contributed by atoms with van der Waals surface area (Å²) in [7, 11) is 0. The van der Waals surface area contributed by atoms with E-state index >= 15 is 0 Å². The predicted octanol–water partition coefficient (Wildman–Crippen LogP) is -0.0107. The van der Waals surface area contributed by atoms with Crippen LogP contribution in [0.15, 0.2) is 0 Å². The Morgan fingerprint density at radius 2 is 2.00 bits per heavy atom. The van der Waals surface area contributed by atoms with Gasteiger partial charge < -0.3 is 10.2 Å². The molecule has 0 radical (unpaired) electrons. The Morgan fingerprint density at radius 3 is 2.38 bits per heavy atom. The van der Waals surface area contributed by atoms with Gasteiger partial charge in [0.25, 0.3) is 0 Å². The minimum absolute atomic E-state index is 0.0216. The zero-order chi connectivity index (χ0) is 10.0. The van der Waals surface area contributed by atoms with Gasteiger partial charge in [0, 0.05) is 20.0 Å². The van der Waals surface area contributed by atoms with E-state index in [0.717, 1.165) is 13.1 Å². The van der Waals surface area contributed by atoms with E-state index in [0.29, 0.717) is 5.92 Å². The fourth-order valence-corrected chi connectivity index (χ4v) is 1.52. The van der Waals surface area contributed by atoms with Crippen LogP contribution in [0.4, 0.5) is 0 Å². The number of likely N-dealkylation sites (tertiary alicyclic amines) is 1. The molecule has 1 saturated heterocycles. The molecule has 1 N–H and O–H groups in total. The molecule has 0 spiro atoms. The fourth-order valence-electron chi connectivity index (χ4n) is 1.52. The largest absolute Gasteiger partial charge is 0.345 e. The maximum absolute atomic E-state index is 11.5. The van der Waals surface area contributed by atoms with Crippen molar-refractivity contribution >= 4 is 11.8 Å². The van der Waals surface area contributed by atoms with Crippen LogP contribution in [-0.2, 0) is 9.59 Å². The van der Waals surface area contributed by atoms with Crippen LogP contribution in [0, 0.1) is 5.92 Å². The van der Waals surface area contributed by atoms with Crippen molar-refractivity contribution in [3.05, 3.63) is 0 Å². The summed E-state index contributed by atoms with van der Waals surface area (Å²) in [6.45, 7) is 6.88. The van der Waals surface area contributed by atoms with Gasteiger partial charge in [0.2, 0.25) is 11.8 Å².